The van der Waals surface area contributed by atoms with Gasteiger partial charge in [0.2, 0.25) is 0 Å². The zero-order valence-electron chi connectivity index (χ0n) is 25.8. The maximum Gasteiger partial charge on any atom is 0.124 e. The molecule has 2 aromatic carbocycles. The minimum atomic E-state index is 0.614. The molecule has 2 aliphatic carbocycles. The summed E-state index contributed by atoms with van der Waals surface area (Å²) < 4.78 is 6.20. The molecule has 0 amide bonds. The molecule has 1 fully saturated rings. The third-order valence-electron chi connectivity index (χ3n) is 9.66. The lowest BCUT2D eigenvalue weighted by Crippen LogP contribution is -2.46. The van der Waals surface area contributed by atoms with Gasteiger partial charge in [-0.25, -0.2) is 0 Å². The van der Waals surface area contributed by atoms with Crippen LogP contribution in [0, 0.1) is 6.92 Å². The Balaban J connectivity index is 0.901. The molecule has 0 spiro atoms. The van der Waals surface area contributed by atoms with Gasteiger partial charge in [0, 0.05) is 61.0 Å². The van der Waals surface area contributed by atoms with E-state index in [2.05, 4.69) is 64.5 Å². The lowest BCUT2D eigenvalue weighted by atomic mass is 9.87. The van der Waals surface area contributed by atoms with E-state index in [1.807, 2.05) is 6.07 Å². The fourth-order valence-electron chi connectivity index (χ4n) is 7.20. The van der Waals surface area contributed by atoms with E-state index in [1.54, 1.807) is 11.1 Å². The zero-order valence-corrected chi connectivity index (χ0v) is 25.8. The number of anilines is 2. The van der Waals surface area contributed by atoms with Crippen molar-refractivity contribution in [3.8, 4) is 5.75 Å². The summed E-state index contributed by atoms with van der Waals surface area (Å²) in [4.78, 5) is 10.3. The van der Waals surface area contributed by atoms with E-state index in [0.717, 1.165) is 38.5 Å². The van der Waals surface area contributed by atoms with Crippen molar-refractivity contribution in [3.63, 3.8) is 0 Å². The summed E-state index contributed by atoms with van der Waals surface area (Å²) in [5, 5.41) is 3.92. The van der Waals surface area contributed by atoms with Gasteiger partial charge in [-0.3, -0.25) is 9.88 Å². The molecule has 0 atom stereocenters. The number of hydrogen-bond donors (Lipinski definition) is 1. The second-order valence-electron chi connectivity index (χ2n) is 12.6. The van der Waals surface area contributed by atoms with E-state index in [0.29, 0.717) is 6.61 Å². The molecule has 3 aliphatic rings. The van der Waals surface area contributed by atoms with Crippen LogP contribution in [0.5, 0.6) is 5.75 Å². The van der Waals surface area contributed by atoms with E-state index in [-0.39, 0.29) is 0 Å². The van der Waals surface area contributed by atoms with Crippen LogP contribution in [-0.4, -0.2) is 49.2 Å². The quantitative estimate of drug-likeness (QED) is 0.230. The number of fused-ring (bicyclic) bond motifs is 2. The van der Waals surface area contributed by atoms with Gasteiger partial charge in [0.25, 0.3) is 0 Å². The third-order valence-corrected chi connectivity index (χ3v) is 9.66. The molecule has 1 aliphatic heterocycles. The molecule has 3 aromatic rings. The average Bonchev–Trinajstić information content (AvgIpc) is 3.04. The first-order valence-electron chi connectivity index (χ1n) is 16.8. The van der Waals surface area contributed by atoms with Gasteiger partial charge in [0.1, 0.15) is 12.4 Å². The molecule has 2 heterocycles. The van der Waals surface area contributed by atoms with Crippen LogP contribution in [0.15, 0.2) is 48.5 Å². The summed E-state index contributed by atoms with van der Waals surface area (Å²) in [5.74, 6) is 0.997. The number of aryl methyl sites for hydroxylation is 2. The fourth-order valence-corrected chi connectivity index (χ4v) is 7.20. The molecule has 0 bridgehead atoms. The predicted molar refractivity (Wildman–Crippen MR) is 175 cm³/mol. The number of rotatable bonds is 12. The Kier molecular flexibility index (Phi) is 9.97. The Morgan fingerprint density at radius 2 is 1.43 bits per heavy atom. The van der Waals surface area contributed by atoms with Gasteiger partial charge in [0.05, 0.1) is 0 Å². The number of hydrogen-bond acceptors (Lipinski definition) is 5. The first-order chi connectivity index (χ1) is 20.8. The van der Waals surface area contributed by atoms with Crippen molar-refractivity contribution in [1.29, 1.82) is 0 Å². The van der Waals surface area contributed by atoms with Crippen molar-refractivity contribution in [1.82, 2.24) is 9.88 Å². The highest BCUT2D eigenvalue weighted by Gasteiger charge is 2.23. The van der Waals surface area contributed by atoms with Crippen LogP contribution in [-0.2, 0) is 32.3 Å². The van der Waals surface area contributed by atoms with Crippen molar-refractivity contribution in [2.75, 3.05) is 49.5 Å². The number of nitrogens with one attached hydrogen (secondary N) is 1. The number of unbranched alkanes of at least 4 members (excludes halogenated alkanes) is 3. The maximum absolute atomic E-state index is 6.20. The molecule has 5 heteroatoms. The number of ether oxygens (including phenoxy) is 1. The first-order valence-corrected chi connectivity index (χ1v) is 16.8. The van der Waals surface area contributed by atoms with Crippen molar-refractivity contribution < 1.29 is 4.74 Å². The molecular weight excluding hydrogens is 516 g/mol. The second-order valence-corrected chi connectivity index (χ2v) is 12.6. The van der Waals surface area contributed by atoms with Gasteiger partial charge in [-0.05, 0) is 106 Å². The Morgan fingerprint density at radius 1 is 0.738 bits per heavy atom. The molecule has 1 saturated heterocycles. The molecular formula is C37H50N4O. The van der Waals surface area contributed by atoms with Crippen LogP contribution >= 0.6 is 0 Å². The highest BCUT2D eigenvalue weighted by molar-refractivity contribution is 5.62. The van der Waals surface area contributed by atoms with Crippen LogP contribution < -0.4 is 15.0 Å². The minimum Gasteiger partial charge on any atom is -0.489 e. The lowest BCUT2D eigenvalue weighted by molar-refractivity contribution is 0.252. The smallest absolute Gasteiger partial charge is 0.124 e. The lowest BCUT2D eigenvalue weighted by Gasteiger charge is -2.37. The summed E-state index contributed by atoms with van der Waals surface area (Å²) in [6.07, 6.45) is 15.3. The normalized spacial score (nSPS) is 17.0. The number of pyridine rings is 1. The van der Waals surface area contributed by atoms with E-state index in [1.165, 1.54) is 117 Å². The monoisotopic (exact) mass is 566 g/mol. The Morgan fingerprint density at radius 3 is 2.17 bits per heavy atom. The molecule has 5 nitrogen and oxygen atoms in total. The van der Waals surface area contributed by atoms with Gasteiger partial charge < -0.3 is 15.0 Å². The summed E-state index contributed by atoms with van der Waals surface area (Å²) in [7, 11) is 0. The Labute approximate surface area is 253 Å². The minimum absolute atomic E-state index is 0.614. The van der Waals surface area contributed by atoms with Crippen LogP contribution in [0.4, 0.5) is 11.4 Å². The van der Waals surface area contributed by atoms with Gasteiger partial charge in [-0.1, -0.05) is 49.2 Å². The largest absolute Gasteiger partial charge is 0.489 e. The molecule has 42 heavy (non-hydrogen) atoms. The number of aromatic nitrogens is 1. The van der Waals surface area contributed by atoms with E-state index >= 15 is 0 Å². The first kappa shape index (κ1) is 29.0. The predicted octanol–water partition coefficient (Wildman–Crippen LogP) is 7.52. The van der Waals surface area contributed by atoms with E-state index in [4.69, 9.17) is 9.72 Å². The highest BCUT2D eigenvalue weighted by Crippen LogP contribution is 2.35. The van der Waals surface area contributed by atoms with E-state index < -0.39 is 0 Å². The van der Waals surface area contributed by atoms with Crippen LogP contribution in [0.1, 0.15) is 85.0 Å². The second kappa shape index (κ2) is 14.4. The molecule has 0 radical (unpaired) electrons. The molecule has 6 rings (SSSR count). The van der Waals surface area contributed by atoms with Crippen LogP contribution in [0.25, 0.3) is 0 Å². The van der Waals surface area contributed by atoms with E-state index in [9.17, 15) is 0 Å². The molecule has 1 N–H and O–H groups in total. The van der Waals surface area contributed by atoms with Crippen LogP contribution in [0.2, 0.25) is 0 Å². The standard InChI is InChI=1S/C37H50N4O/c1-29-35(20-13-21-36(29)42-28-30-14-5-4-6-15-30)41-26-24-40(25-27-41)23-12-3-2-11-22-38-37-31-16-7-9-18-33(31)39-34-19-10-8-17-32(34)37/h4-6,13-15,20-21H,2-3,7-12,16-19,22-28H2,1H3,(H,38,39). The molecule has 224 valence electrons. The highest BCUT2D eigenvalue weighted by atomic mass is 16.5. The molecule has 0 unspecified atom stereocenters. The van der Waals surface area contributed by atoms with Crippen molar-refractivity contribution in [3.05, 3.63) is 82.2 Å². The van der Waals surface area contributed by atoms with Crippen molar-refractivity contribution >= 4 is 11.4 Å². The zero-order chi connectivity index (χ0) is 28.6. The summed E-state index contributed by atoms with van der Waals surface area (Å²) in [6, 6.07) is 16.9. The van der Waals surface area contributed by atoms with Crippen LogP contribution in [0.3, 0.4) is 0 Å². The molecule has 0 saturated carbocycles. The van der Waals surface area contributed by atoms with Gasteiger partial charge in [-0.2, -0.15) is 0 Å². The fraction of sp³-hybridized carbons (Fsp3) is 0.541. The van der Waals surface area contributed by atoms with Gasteiger partial charge in [0.15, 0.2) is 0 Å². The molecule has 1 aromatic heterocycles. The van der Waals surface area contributed by atoms with Crippen molar-refractivity contribution in [2.45, 2.75) is 90.6 Å². The topological polar surface area (TPSA) is 40.6 Å². The summed E-state index contributed by atoms with van der Waals surface area (Å²) in [5.41, 5.74) is 11.2. The average molecular weight is 567 g/mol. The van der Waals surface area contributed by atoms with Gasteiger partial charge >= 0.3 is 0 Å². The Bertz CT molecular complexity index is 1260. The summed E-state index contributed by atoms with van der Waals surface area (Å²) in [6.45, 7) is 9.63. The third kappa shape index (κ3) is 7.11. The number of benzene rings is 2. The summed E-state index contributed by atoms with van der Waals surface area (Å²) >= 11 is 0. The number of nitrogens with zero attached hydrogens (tertiary/aromatic N) is 3. The Hall–Kier alpha value is -3.05. The number of piperazine rings is 1. The maximum atomic E-state index is 6.20. The van der Waals surface area contributed by atoms with Crippen molar-refractivity contribution in [2.24, 2.45) is 0 Å². The van der Waals surface area contributed by atoms with Gasteiger partial charge in [-0.15, -0.1) is 0 Å². The SMILES string of the molecule is Cc1c(OCc2ccccc2)cccc1N1CCN(CCCCCCNc2c3c(nc4c2CCCC4)CCCC3)CC1.